The van der Waals surface area contributed by atoms with E-state index in [-0.39, 0.29) is 0 Å². The lowest BCUT2D eigenvalue weighted by Crippen LogP contribution is -2.33. The normalized spacial score (nSPS) is 33.5. The third-order valence-corrected chi connectivity index (χ3v) is 5.28. The van der Waals surface area contributed by atoms with Crippen LogP contribution in [-0.2, 0) is 0 Å². The summed E-state index contributed by atoms with van der Waals surface area (Å²) in [7, 11) is 2.14. The van der Waals surface area contributed by atoms with Crippen LogP contribution in [0.4, 0.5) is 0 Å². The second-order valence-electron chi connectivity index (χ2n) is 7.23. The van der Waals surface area contributed by atoms with E-state index in [1.54, 1.807) is 0 Å². The Balaban J connectivity index is 1.73. The highest BCUT2D eigenvalue weighted by molar-refractivity contribution is 4.83. The molecule has 0 spiro atoms. The predicted octanol–water partition coefficient (Wildman–Crippen LogP) is 3.28. The first-order chi connectivity index (χ1) is 8.61. The quantitative estimate of drug-likeness (QED) is 0.826. The van der Waals surface area contributed by atoms with Crippen molar-refractivity contribution in [2.45, 2.75) is 64.8 Å². The Hall–Kier alpha value is -0.0800. The summed E-state index contributed by atoms with van der Waals surface area (Å²) in [6.45, 7) is 8.86. The minimum absolute atomic E-state index is 0.579. The van der Waals surface area contributed by atoms with Crippen LogP contribution < -0.4 is 5.32 Å². The third-order valence-electron chi connectivity index (χ3n) is 5.28. The Morgan fingerprint density at radius 1 is 1.11 bits per heavy atom. The molecule has 1 aliphatic heterocycles. The number of hydrogen-bond acceptors (Lipinski definition) is 2. The van der Waals surface area contributed by atoms with Gasteiger partial charge in [0.1, 0.15) is 0 Å². The summed E-state index contributed by atoms with van der Waals surface area (Å²) in [5.74, 6) is 0.936. The number of rotatable bonds is 4. The van der Waals surface area contributed by atoms with Gasteiger partial charge in [0, 0.05) is 6.04 Å². The Morgan fingerprint density at radius 3 is 2.72 bits per heavy atom. The van der Waals surface area contributed by atoms with Crippen LogP contribution in [0, 0.1) is 11.3 Å². The van der Waals surface area contributed by atoms with Crippen molar-refractivity contribution in [3.63, 3.8) is 0 Å². The second kappa shape index (κ2) is 6.38. The summed E-state index contributed by atoms with van der Waals surface area (Å²) in [4.78, 5) is 2.72. The summed E-state index contributed by atoms with van der Waals surface area (Å²) < 4.78 is 0. The summed E-state index contributed by atoms with van der Waals surface area (Å²) in [5.41, 5.74) is 0.579. The molecule has 2 fully saturated rings. The summed E-state index contributed by atoms with van der Waals surface area (Å²) in [6.07, 6.45) is 9.88. The molecule has 2 nitrogen and oxygen atoms in total. The molecule has 18 heavy (non-hydrogen) atoms. The van der Waals surface area contributed by atoms with Gasteiger partial charge in [0.05, 0.1) is 0 Å². The molecule has 1 N–H and O–H groups in total. The van der Waals surface area contributed by atoms with Crippen molar-refractivity contribution in [1.29, 1.82) is 0 Å². The van der Waals surface area contributed by atoms with Crippen molar-refractivity contribution in [2.24, 2.45) is 11.3 Å². The summed E-state index contributed by atoms with van der Waals surface area (Å²) in [5, 5.41) is 3.51. The highest BCUT2D eigenvalue weighted by Crippen LogP contribution is 2.31. The van der Waals surface area contributed by atoms with Crippen molar-refractivity contribution in [3.8, 4) is 0 Å². The Bertz CT molecular complexity index is 249. The molecule has 2 unspecified atom stereocenters. The molecule has 2 aliphatic rings. The smallest absolute Gasteiger partial charge is 0.00928 e. The van der Waals surface area contributed by atoms with Crippen LogP contribution in [0.25, 0.3) is 0 Å². The van der Waals surface area contributed by atoms with Gasteiger partial charge in [0.2, 0.25) is 0 Å². The van der Waals surface area contributed by atoms with Gasteiger partial charge in [-0.05, 0) is 76.5 Å². The van der Waals surface area contributed by atoms with Crippen LogP contribution >= 0.6 is 0 Å². The van der Waals surface area contributed by atoms with E-state index in [0.717, 1.165) is 12.0 Å². The van der Waals surface area contributed by atoms with E-state index in [2.05, 4.69) is 31.1 Å². The Labute approximate surface area is 114 Å². The highest BCUT2D eigenvalue weighted by Gasteiger charge is 2.27. The van der Waals surface area contributed by atoms with Crippen LogP contribution in [0.1, 0.15) is 58.8 Å². The SMILES string of the molecule is CNC1CCCC1CCN1CCCC(C)(C)CC1. The lowest BCUT2D eigenvalue weighted by Gasteiger charge is -2.25. The van der Waals surface area contributed by atoms with Crippen LogP contribution in [-0.4, -0.2) is 37.6 Å². The maximum atomic E-state index is 3.51. The standard InChI is InChI=1S/C16H32N2/c1-16(2)9-5-11-18(13-10-16)12-8-14-6-4-7-15(14)17-3/h14-15,17H,4-13H2,1-3H3. The molecule has 0 aromatic heterocycles. The van der Waals surface area contributed by atoms with Crippen LogP contribution in [0.2, 0.25) is 0 Å². The average Bonchev–Trinajstić information content (AvgIpc) is 2.72. The molecule has 0 amide bonds. The van der Waals surface area contributed by atoms with Gasteiger partial charge in [-0.3, -0.25) is 0 Å². The zero-order chi connectivity index (χ0) is 13.0. The molecule has 0 aromatic rings. The number of nitrogens with one attached hydrogen (secondary N) is 1. The van der Waals surface area contributed by atoms with Crippen molar-refractivity contribution in [1.82, 2.24) is 10.2 Å². The lowest BCUT2D eigenvalue weighted by atomic mass is 9.85. The molecule has 2 heteroatoms. The largest absolute Gasteiger partial charge is 0.317 e. The average molecular weight is 252 g/mol. The zero-order valence-electron chi connectivity index (χ0n) is 12.7. The molecule has 1 saturated carbocycles. The molecular weight excluding hydrogens is 220 g/mol. The topological polar surface area (TPSA) is 15.3 Å². The maximum Gasteiger partial charge on any atom is 0.00928 e. The van der Waals surface area contributed by atoms with E-state index in [9.17, 15) is 0 Å². The Morgan fingerprint density at radius 2 is 1.94 bits per heavy atom. The predicted molar refractivity (Wildman–Crippen MR) is 78.9 cm³/mol. The molecule has 0 bridgehead atoms. The molecule has 106 valence electrons. The van der Waals surface area contributed by atoms with E-state index >= 15 is 0 Å². The molecule has 0 radical (unpaired) electrons. The van der Waals surface area contributed by atoms with E-state index in [1.807, 2.05) is 0 Å². The molecule has 1 saturated heterocycles. The van der Waals surface area contributed by atoms with Gasteiger partial charge in [-0.25, -0.2) is 0 Å². The van der Waals surface area contributed by atoms with E-state index < -0.39 is 0 Å². The van der Waals surface area contributed by atoms with Crippen molar-refractivity contribution in [3.05, 3.63) is 0 Å². The zero-order valence-corrected chi connectivity index (χ0v) is 12.7. The van der Waals surface area contributed by atoms with Gasteiger partial charge >= 0.3 is 0 Å². The van der Waals surface area contributed by atoms with Gasteiger partial charge in [-0.1, -0.05) is 20.3 Å². The minimum Gasteiger partial charge on any atom is -0.317 e. The first kappa shape index (κ1) is 14.3. The Kier molecular flexibility index (Phi) is 5.08. The summed E-state index contributed by atoms with van der Waals surface area (Å²) in [6, 6.07) is 0.799. The molecule has 2 rings (SSSR count). The van der Waals surface area contributed by atoms with E-state index in [4.69, 9.17) is 0 Å². The molecule has 1 aliphatic carbocycles. The number of nitrogens with zero attached hydrogens (tertiary/aromatic N) is 1. The fraction of sp³-hybridized carbons (Fsp3) is 1.00. The van der Waals surface area contributed by atoms with Gasteiger partial charge in [-0.15, -0.1) is 0 Å². The van der Waals surface area contributed by atoms with E-state index in [1.165, 1.54) is 64.6 Å². The maximum absolute atomic E-state index is 3.51. The van der Waals surface area contributed by atoms with E-state index in [0.29, 0.717) is 5.41 Å². The molecule has 0 aromatic carbocycles. The molecule has 2 atom stereocenters. The van der Waals surface area contributed by atoms with Gasteiger partial charge in [-0.2, -0.15) is 0 Å². The van der Waals surface area contributed by atoms with Gasteiger partial charge in [0.15, 0.2) is 0 Å². The van der Waals surface area contributed by atoms with Crippen LogP contribution in [0.15, 0.2) is 0 Å². The second-order valence-corrected chi connectivity index (χ2v) is 7.23. The lowest BCUT2D eigenvalue weighted by molar-refractivity contribution is 0.237. The monoisotopic (exact) mass is 252 g/mol. The van der Waals surface area contributed by atoms with Crippen molar-refractivity contribution in [2.75, 3.05) is 26.7 Å². The van der Waals surface area contributed by atoms with Crippen molar-refractivity contribution < 1.29 is 0 Å². The molecule has 1 heterocycles. The summed E-state index contributed by atoms with van der Waals surface area (Å²) >= 11 is 0. The number of hydrogen-bond donors (Lipinski definition) is 1. The third kappa shape index (κ3) is 3.96. The minimum atomic E-state index is 0.579. The van der Waals surface area contributed by atoms with Crippen LogP contribution in [0.3, 0.4) is 0 Å². The van der Waals surface area contributed by atoms with Crippen LogP contribution in [0.5, 0.6) is 0 Å². The molecular formula is C16H32N2. The van der Waals surface area contributed by atoms with Crippen molar-refractivity contribution >= 4 is 0 Å². The highest BCUT2D eigenvalue weighted by atomic mass is 15.1. The number of likely N-dealkylation sites (tertiary alicyclic amines) is 1. The first-order valence-corrected chi connectivity index (χ1v) is 8.00. The first-order valence-electron chi connectivity index (χ1n) is 8.00. The fourth-order valence-corrected chi connectivity index (χ4v) is 3.81. The fourth-order valence-electron chi connectivity index (χ4n) is 3.81. The van der Waals surface area contributed by atoms with Gasteiger partial charge in [0.25, 0.3) is 0 Å². The van der Waals surface area contributed by atoms with Gasteiger partial charge < -0.3 is 10.2 Å².